The third kappa shape index (κ3) is 3.17. The molecule has 6 nitrogen and oxygen atoms in total. The zero-order valence-electron chi connectivity index (χ0n) is 11.5. The molecule has 0 bridgehead atoms. The van der Waals surface area contributed by atoms with Crippen molar-refractivity contribution in [2.24, 2.45) is 0 Å². The van der Waals surface area contributed by atoms with Crippen LogP contribution in [0.25, 0.3) is 10.9 Å². The van der Waals surface area contributed by atoms with Gasteiger partial charge in [-0.1, -0.05) is 18.2 Å². The zero-order valence-corrected chi connectivity index (χ0v) is 11.5. The maximum Gasteiger partial charge on any atom is 0.331 e. The molecule has 0 radical (unpaired) electrons. The summed E-state index contributed by atoms with van der Waals surface area (Å²) in [5.74, 6) is -0.682. The molecule has 6 heteroatoms. The van der Waals surface area contributed by atoms with Crippen LogP contribution in [-0.2, 0) is 14.3 Å². The van der Waals surface area contributed by atoms with Crippen LogP contribution in [0.4, 0.5) is 0 Å². The lowest BCUT2D eigenvalue weighted by Crippen LogP contribution is -2.42. The van der Waals surface area contributed by atoms with Crippen molar-refractivity contribution < 1.29 is 19.4 Å². The Labute approximate surface area is 121 Å². The molecule has 0 aliphatic heterocycles. The summed E-state index contributed by atoms with van der Waals surface area (Å²) in [6, 6.07) is 7.70. The number of fused-ring (bicyclic) bond motifs is 1. The van der Waals surface area contributed by atoms with Crippen LogP contribution in [-0.4, -0.2) is 35.1 Å². The Hall–Kier alpha value is -2.47. The van der Waals surface area contributed by atoms with E-state index >= 15 is 0 Å². The molecule has 110 valence electrons. The lowest BCUT2D eigenvalue weighted by atomic mass is 9.98. The molecular weight excluding hydrogens is 272 g/mol. The minimum atomic E-state index is -1.22. The van der Waals surface area contributed by atoms with Gasteiger partial charge in [-0.15, -0.1) is 0 Å². The van der Waals surface area contributed by atoms with E-state index < -0.39 is 18.1 Å². The standard InChI is InChI=1S/C15H16N2O4/c1-2-21-15(20)13(17-9-18)14(19)11-7-8-16-12-6-4-3-5-10(11)12/h3-9,13-14,19H,2H2,1H3,(H,17,18). The van der Waals surface area contributed by atoms with Crippen molar-refractivity contribution in [2.45, 2.75) is 19.1 Å². The smallest absolute Gasteiger partial charge is 0.331 e. The van der Waals surface area contributed by atoms with Crippen LogP contribution in [0.3, 0.4) is 0 Å². The number of aliphatic hydroxyl groups is 1. The Morgan fingerprint density at radius 3 is 2.90 bits per heavy atom. The van der Waals surface area contributed by atoms with Gasteiger partial charge in [0, 0.05) is 11.6 Å². The molecule has 2 N–H and O–H groups in total. The molecule has 0 fully saturated rings. The number of pyridine rings is 1. The van der Waals surface area contributed by atoms with Gasteiger partial charge in [-0.2, -0.15) is 0 Å². The van der Waals surface area contributed by atoms with Crippen LogP contribution in [0, 0.1) is 0 Å². The van der Waals surface area contributed by atoms with Gasteiger partial charge in [0.25, 0.3) is 0 Å². The molecule has 0 saturated carbocycles. The molecule has 1 amide bonds. The summed E-state index contributed by atoms with van der Waals surface area (Å²) in [7, 11) is 0. The highest BCUT2D eigenvalue weighted by Gasteiger charge is 2.30. The van der Waals surface area contributed by atoms with Crippen molar-refractivity contribution >= 4 is 23.3 Å². The summed E-state index contributed by atoms with van der Waals surface area (Å²) in [6.45, 7) is 1.82. The largest absolute Gasteiger partial charge is 0.464 e. The summed E-state index contributed by atoms with van der Waals surface area (Å²) in [5, 5.41) is 13.5. The molecule has 0 saturated heterocycles. The van der Waals surface area contributed by atoms with Crippen LogP contribution in [0.1, 0.15) is 18.6 Å². The minimum absolute atomic E-state index is 0.166. The molecule has 0 aliphatic carbocycles. The minimum Gasteiger partial charge on any atom is -0.464 e. The van der Waals surface area contributed by atoms with E-state index in [1.54, 1.807) is 31.3 Å². The number of hydrogen-bond donors (Lipinski definition) is 2. The molecule has 2 rings (SSSR count). The number of hydrogen-bond acceptors (Lipinski definition) is 5. The van der Waals surface area contributed by atoms with E-state index in [-0.39, 0.29) is 6.61 Å². The quantitative estimate of drug-likeness (QED) is 0.610. The van der Waals surface area contributed by atoms with Crippen LogP contribution in [0.5, 0.6) is 0 Å². The fraction of sp³-hybridized carbons (Fsp3) is 0.267. The van der Waals surface area contributed by atoms with E-state index in [0.29, 0.717) is 17.5 Å². The first kappa shape index (κ1) is 14.9. The van der Waals surface area contributed by atoms with E-state index in [9.17, 15) is 14.7 Å². The highest BCUT2D eigenvalue weighted by Crippen LogP contribution is 2.25. The monoisotopic (exact) mass is 288 g/mol. The number of carbonyl (C=O) groups is 2. The number of benzene rings is 1. The molecule has 0 aliphatic rings. The lowest BCUT2D eigenvalue weighted by molar-refractivity contribution is -0.149. The third-order valence-corrected chi connectivity index (χ3v) is 3.11. The molecule has 21 heavy (non-hydrogen) atoms. The van der Waals surface area contributed by atoms with Gasteiger partial charge in [0.15, 0.2) is 6.04 Å². The second-order valence-corrected chi connectivity index (χ2v) is 4.38. The summed E-state index contributed by atoms with van der Waals surface area (Å²) in [6.07, 6.45) is 0.695. The first-order valence-electron chi connectivity index (χ1n) is 6.57. The van der Waals surface area contributed by atoms with E-state index in [4.69, 9.17) is 4.74 Å². The molecule has 0 spiro atoms. The van der Waals surface area contributed by atoms with Gasteiger partial charge < -0.3 is 15.2 Å². The van der Waals surface area contributed by atoms with E-state index in [0.717, 1.165) is 5.39 Å². The van der Waals surface area contributed by atoms with Gasteiger partial charge >= 0.3 is 5.97 Å². The molecule has 2 unspecified atom stereocenters. The average molecular weight is 288 g/mol. The molecule has 1 aromatic heterocycles. The summed E-state index contributed by atoms with van der Waals surface area (Å²) >= 11 is 0. The van der Waals surface area contributed by atoms with Crippen molar-refractivity contribution in [3.63, 3.8) is 0 Å². The second kappa shape index (κ2) is 6.81. The summed E-state index contributed by atoms with van der Waals surface area (Å²) < 4.78 is 4.88. The number of carbonyl (C=O) groups excluding carboxylic acids is 2. The Kier molecular flexibility index (Phi) is 4.84. The lowest BCUT2D eigenvalue weighted by Gasteiger charge is -2.21. The predicted octanol–water partition coefficient (Wildman–Crippen LogP) is 0.946. The number of para-hydroxylation sites is 1. The van der Waals surface area contributed by atoms with Crippen molar-refractivity contribution in [2.75, 3.05) is 6.61 Å². The normalized spacial score (nSPS) is 13.4. The number of aromatic nitrogens is 1. The molecule has 2 aromatic rings. The summed E-state index contributed by atoms with van der Waals surface area (Å²) in [5.41, 5.74) is 1.20. The topological polar surface area (TPSA) is 88.5 Å². The first-order chi connectivity index (χ1) is 10.2. The predicted molar refractivity (Wildman–Crippen MR) is 76.3 cm³/mol. The Bertz CT molecular complexity index is 639. The average Bonchev–Trinajstić information content (AvgIpc) is 2.51. The molecule has 1 heterocycles. The molecule has 1 aromatic carbocycles. The first-order valence-corrected chi connectivity index (χ1v) is 6.57. The number of esters is 1. The number of nitrogens with one attached hydrogen (secondary N) is 1. The maximum atomic E-state index is 11.9. The number of ether oxygens (including phenoxy) is 1. The van der Waals surface area contributed by atoms with Crippen molar-refractivity contribution in [3.8, 4) is 0 Å². The molecule has 2 atom stereocenters. The number of rotatable bonds is 6. The van der Waals surface area contributed by atoms with Crippen LogP contribution in [0.15, 0.2) is 36.5 Å². The number of amides is 1. The van der Waals surface area contributed by atoms with Crippen molar-refractivity contribution in [1.82, 2.24) is 10.3 Å². The van der Waals surface area contributed by atoms with E-state index in [2.05, 4.69) is 10.3 Å². The molecular formula is C15H16N2O4. The van der Waals surface area contributed by atoms with Crippen molar-refractivity contribution in [1.29, 1.82) is 0 Å². The van der Waals surface area contributed by atoms with Gasteiger partial charge in [0.2, 0.25) is 6.41 Å². The van der Waals surface area contributed by atoms with Crippen LogP contribution >= 0.6 is 0 Å². The van der Waals surface area contributed by atoms with Gasteiger partial charge in [0.05, 0.1) is 12.1 Å². The zero-order chi connectivity index (χ0) is 15.2. The van der Waals surface area contributed by atoms with Gasteiger partial charge in [-0.3, -0.25) is 9.78 Å². The Balaban J connectivity index is 2.40. The SMILES string of the molecule is CCOC(=O)C(NC=O)C(O)c1ccnc2ccccc12. The van der Waals surface area contributed by atoms with Crippen LogP contribution in [0.2, 0.25) is 0 Å². The number of aliphatic hydroxyl groups excluding tert-OH is 1. The van der Waals surface area contributed by atoms with E-state index in [1.165, 1.54) is 0 Å². The highest BCUT2D eigenvalue weighted by atomic mass is 16.5. The summed E-state index contributed by atoms with van der Waals surface area (Å²) in [4.78, 5) is 26.7. The highest BCUT2D eigenvalue weighted by molar-refractivity contribution is 5.85. The third-order valence-electron chi connectivity index (χ3n) is 3.11. The fourth-order valence-electron chi connectivity index (χ4n) is 2.15. The van der Waals surface area contributed by atoms with Gasteiger partial charge in [-0.25, -0.2) is 4.79 Å². The van der Waals surface area contributed by atoms with E-state index in [1.807, 2.05) is 12.1 Å². The van der Waals surface area contributed by atoms with Gasteiger partial charge in [-0.05, 0) is 24.6 Å². The second-order valence-electron chi connectivity index (χ2n) is 4.38. The van der Waals surface area contributed by atoms with Crippen LogP contribution < -0.4 is 5.32 Å². The Morgan fingerprint density at radius 1 is 1.43 bits per heavy atom. The fourth-order valence-corrected chi connectivity index (χ4v) is 2.15. The Morgan fingerprint density at radius 2 is 2.19 bits per heavy atom. The van der Waals surface area contributed by atoms with Gasteiger partial charge in [0.1, 0.15) is 6.10 Å². The number of nitrogens with zero attached hydrogens (tertiary/aromatic N) is 1. The van der Waals surface area contributed by atoms with Crippen molar-refractivity contribution in [3.05, 3.63) is 42.1 Å². The maximum absolute atomic E-state index is 11.9.